The molecule has 0 spiro atoms. The number of hydrogen-bond acceptors (Lipinski definition) is 6. The number of ether oxygens (including phenoxy) is 1. The van der Waals surface area contributed by atoms with E-state index in [0.29, 0.717) is 6.54 Å². The molecule has 21 heavy (non-hydrogen) atoms. The van der Waals surface area contributed by atoms with E-state index in [1.54, 1.807) is 7.11 Å². The smallest absolute Gasteiger partial charge is 0.233 e. The lowest BCUT2D eigenvalue weighted by Gasteiger charge is -2.10. The predicted molar refractivity (Wildman–Crippen MR) is 84.8 cm³/mol. The zero-order valence-electron chi connectivity index (χ0n) is 12.1. The maximum atomic E-state index is 12.1. The van der Waals surface area contributed by atoms with Crippen molar-refractivity contribution in [3.8, 4) is 5.75 Å². The van der Waals surface area contributed by atoms with Gasteiger partial charge < -0.3 is 10.1 Å². The average molecular weight is 323 g/mol. The Kier molecular flexibility index (Phi) is 5.58. The standard InChI is InChI=1S/C14H17N3O2S2/c1-9(20-14-17-16-10(2)21-14)13(18)15-8-11-4-6-12(19-3)7-5-11/h4-7,9H,8H2,1-3H3,(H,15,18)/t9-/m0/s1. The highest BCUT2D eigenvalue weighted by molar-refractivity contribution is 8.02. The number of thioether (sulfide) groups is 1. The van der Waals surface area contributed by atoms with Gasteiger partial charge in [-0.25, -0.2) is 0 Å². The summed E-state index contributed by atoms with van der Waals surface area (Å²) < 4.78 is 5.92. The first kappa shape index (κ1) is 15.8. The highest BCUT2D eigenvalue weighted by Crippen LogP contribution is 2.26. The highest BCUT2D eigenvalue weighted by atomic mass is 32.2. The van der Waals surface area contributed by atoms with Gasteiger partial charge in [-0.3, -0.25) is 4.79 Å². The molecule has 7 heteroatoms. The van der Waals surface area contributed by atoms with Gasteiger partial charge in [0.2, 0.25) is 5.91 Å². The number of carbonyl (C=O) groups is 1. The number of aromatic nitrogens is 2. The Morgan fingerprint density at radius 1 is 1.38 bits per heavy atom. The Hall–Kier alpha value is -1.60. The van der Waals surface area contributed by atoms with Crippen molar-refractivity contribution in [3.63, 3.8) is 0 Å². The van der Waals surface area contributed by atoms with Crippen LogP contribution in [0.2, 0.25) is 0 Å². The molecule has 0 radical (unpaired) electrons. The Morgan fingerprint density at radius 3 is 2.67 bits per heavy atom. The van der Waals surface area contributed by atoms with Gasteiger partial charge in [0.05, 0.1) is 12.4 Å². The second kappa shape index (κ2) is 7.42. The van der Waals surface area contributed by atoms with Crippen molar-refractivity contribution in [1.29, 1.82) is 0 Å². The molecule has 1 atom stereocenters. The number of carbonyl (C=O) groups excluding carboxylic acids is 1. The SMILES string of the molecule is COc1ccc(CNC(=O)[C@H](C)Sc2nnc(C)s2)cc1. The van der Waals surface area contributed by atoms with Gasteiger partial charge in [-0.15, -0.1) is 10.2 Å². The van der Waals surface area contributed by atoms with Crippen LogP contribution in [0.25, 0.3) is 0 Å². The number of nitrogens with zero attached hydrogens (tertiary/aromatic N) is 2. The van der Waals surface area contributed by atoms with Crippen molar-refractivity contribution in [1.82, 2.24) is 15.5 Å². The summed E-state index contributed by atoms with van der Waals surface area (Å²) in [5.74, 6) is 0.796. The van der Waals surface area contributed by atoms with Gasteiger partial charge in [-0.1, -0.05) is 35.2 Å². The molecule has 5 nitrogen and oxygen atoms in total. The minimum Gasteiger partial charge on any atom is -0.497 e. The van der Waals surface area contributed by atoms with Gasteiger partial charge in [0.1, 0.15) is 10.8 Å². The Bertz CT molecular complexity index is 599. The molecule has 0 aliphatic rings. The van der Waals surface area contributed by atoms with Crippen molar-refractivity contribution in [2.45, 2.75) is 30.0 Å². The molecule has 1 heterocycles. The minimum atomic E-state index is -0.199. The number of rotatable bonds is 6. The number of amides is 1. The second-order valence-corrected chi connectivity index (χ2v) is 7.18. The third-order valence-electron chi connectivity index (χ3n) is 2.78. The van der Waals surface area contributed by atoms with E-state index < -0.39 is 0 Å². The van der Waals surface area contributed by atoms with Crippen LogP contribution >= 0.6 is 23.1 Å². The molecule has 0 saturated carbocycles. The summed E-state index contributed by atoms with van der Waals surface area (Å²) in [6.45, 7) is 4.27. The molecule has 1 N–H and O–H groups in total. The molecule has 0 aliphatic heterocycles. The van der Waals surface area contributed by atoms with Crippen LogP contribution < -0.4 is 10.1 Å². The van der Waals surface area contributed by atoms with Crippen molar-refractivity contribution < 1.29 is 9.53 Å². The van der Waals surface area contributed by atoms with Crippen LogP contribution in [0.4, 0.5) is 0 Å². The monoisotopic (exact) mass is 323 g/mol. The average Bonchev–Trinajstić information content (AvgIpc) is 2.90. The number of aryl methyl sites for hydroxylation is 1. The van der Waals surface area contributed by atoms with Crippen LogP contribution in [-0.4, -0.2) is 28.5 Å². The zero-order valence-corrected chi connectivity index (χ0v) is 13.8. The summed E-state index contributed by atoms with van der Waals surface area (Å²) in [7, 11) is 1.63. The molecular weight excluding hydrogens is 306 g/mol. The van der Waals surface area contributed by atoms with Crippen molar-refractivity contribution >= 4 is 29.0 Å². The molecule has 0 aliphatic carbocycles. The predicted octanol–water partition coefficient (Wildman–Crippen LogP) is 2.65. The lowest BCUT2D eigenvalue weighted by atomic mass is 10.2. The Labute approximate surface area is 132 Å². The van der Waals surface area contributed by atoms with Crippen molar-refractivity contribution in [2.75, 3.05) is 7.11 Å². The normalized spacial score (nSPS) is 12.0. The van der Waals surface area contributed by atoms with Gasteiger partial charge in [0.25, 0.3) is 0 Å². The largest absolute Gasteiger partial charge is 0.497 e. The maximum absolute atomic E-state index is 12.1. The van der Waals surface area contributed by atoms with Gasteiger partial charge in [-0.2, -0.15) is 0 Å². The molecule has 0 bridgehead atoms. The van der Waals surface area contributed by atoms with Gasteiger partial charge in [-0.05, 0) is 31.5 Å². The van der Waals surface area contributed by atoms with Gasteiger partial charge in [0.15, 0.2) is 4.34 Å². The summed E-state index contributed by atoms with van der Waals surface area (Å²) in [5, 5.41) is 11.6. The van der Waals surface area contributed by atoms with Crippen molar-refractivity contribution in [2.24, 2.45) is 0 Å². The molecular formula is C14H17N3O2S2. The number of hydrogen-bond donors (Lipinski definition) is 1. The van der Waals surface area contributed by atoms with Gasteiger partial charge >= 0.3 is 0 Å². The molecule has 0 saturated heterocycles. The number of benzene rings is 1. The van der Waals surface area contributed by atoms with E-state index >= 15 is 0 Å². The van der Waals surface area contributed by atoms with E-state index in [-0.39, 0.29) is 11.2 Å². The van der Waals surface area contributed by atoms with Crippen LogP contribution in [-0.2, 0) is 11.3 Å². The quantitative estimate of drug-likeness (QED) is 0.828. The third-order valence-corrected chi connectivity index (χ3v) is 4.80. The Balaban J connectivity index is 1.82. The first-order valence-electron chi connectivity index (χ1n) is 6.46. The maximum Gasteiger partial charge on any atom is 0.233 e. The molecule has 2 rings (SSSR count). The van der Waals surface area contributed by atoms with E-state index in [1.165, 1.54) is 23.1 Å². The topological polar surface area (TPSA) is 64.1 Å². The van der Waals surface area contributed by atoms with Crippen LogP contribution in [0.5, 0.6) is 5.75 Å². The number of nitrogens with one attached hydrogen (secondary N) is 1. The third kappa shape index (κ3) is 4.71. The lowest BCUT2D eigenvalue weighted by Crippen LogP contribution is -2.30. The fourth-order valence-electron chi connectivity index (χ4n) is 1.61. The van der Waals surface area contributed by atoms with Crippen LogP contribution in [0, 0.1) is 6.92 Å². The van der Waals surface area contributed by atoms with E-state index in [1.807, 2.05) is 38.1 Å². The summed E-state index contributed by atoms with van der Waals surface area (Å²) in [5.41, 5.74) is 1.04. The van der Waals surface area contributed by atoms with E-state index in [2.05, 4.69) is 15.5 Å². The number of methoxy groups -OCH3 is 1. The molecule has 0 unspecified atom stereocenters. The summed E-state index contributed by atoms with van der Waals surface area (Å²) in [6, 6.07) is 7.63. The first-order chi connectivity index (χ1) is 10.1. The molecule has 0 fully saturated rings. The summed E-state index contributed by atoms with van der Waals surface area (Å²) in [4.78, 5) is 12.1. The fraction of sp³-hybridized carbons (Fsp3) is 0.357. The second-order valence-electron chi connectivity index (χ2n) is 4.41. The summed E-state index contributed by atoms with van der Waals surface area (Å²) in [6.07, 6.45) is 0. The molecule has 1 aromatic heterocycles. The van der Waals surface area contributed by atoms with E-state index in [0.717, 1.165) is 20.7 Å². The molecule has 112 valence electrons. The highest BCUT2D eigenvalue weighted by Gasteiger charge is 2.16. The molecule has 1 aromatic carbocycles. The molecule has 2 aromatic rings. The Morgan fingerprint density at radius 2 is 2.10 bits per heavy atom. The first-order valence-corrected chi connectivity index (χ1v) is 8.15. The zero-order chi connectivity index (χ0) is 15.2. The van der Waals surface area contributed by atoms with Crippen molar-refractivity contribution in [3.05, 3.63) is 34.8 Å². The lowest BCUT2D eigenvalue weighted by molar-refractivity contribution is -0.120. The van der Waals surface area contributed by atoms with E-state index in [4.69, 9.17) is 4.74 Å². The fourth-order valence-corrected chi connectivity index (χ4v) is 3.59. The van der Waals surface area contributed by atoms with Crippen LogP contribution in [0.15, 0.2) is 28.6 Å². The van der Waals surface area contributed by atoms with Crippen LogP contribution in [0.3, 0.4) is 0 Å². The molecule has 1 amide bonds. The van der Waals surface area contributed by atoms with Crippen LogP contribution in [0.1, 0.15) is 17.5 Å². The summed E-state index contributed by atoms with van der Waals surface area (Å²) >= 11 is 2.93. The van der Waals surface area contributed by atoms with Gasteiger partial charge in [0, 0.05) is 6.54 Å². The minimum absolute atomic E-state index is 0.0105. The van der Waals surface area contributed by atoms with E-state index in [9.17, 15) is 4.79 Å².